The van der Waals surface area contributed by atoms with Gasteiger partial charge in [0, 0.05) is 12.1 Å². The lowest BCUT2D eigenvalue weighted by Crippen LogP contribution is -2.46. The third-order valence-electron chi connectivity index (χ3n) is 3.39. The summed E-state index contributed by atoms with van der Waals surface area (Å²) in [4.78, 5) is 35.5. The molecule has 2 rings (SSSR count). The van der Waals surface area contributed by atoms with Crippen molar-refractivity contribution in [3.8, 4) is 0 Å². The number of rotatable bonds is 5. The van der Waals surface area contributed by atoms with Crippen molar-refractivity contribution < 1.29 is 19.6 Å². The van der Waals surface area contributed by atoms with Gasteiger partial charge >= 0.3 is 5.97 Å². The highest BCUT2D eigenvalue weighted by Gasteiger charge is 2.41. The van der Waals surface area contributed by atoms with Crippen molar-refractivity contribution in [2.45, 2.75) is 19.9 Å². The van der Waals surface area contributed by atoms with Crippen LogP contribution in [0.4, 0.5) is 10.5 Å². The van der Waals surface area contributed by atoms with E-state index in [1.54, 1.807) is 32.1 Å². The highest BCUT2D eigenvalue weighted by molar-refractivity contribution is 8.19. The number of aliphatic carboxylic acids is 1. The normalized spacial score (nSPS) is 17.6. The van der Waals surface area contributed by atoms with Crippen LogP contribution < -0.4 is 0 Å². The Morgan fingerprint density at radius 1 is 1.38 bits per heavy atom. The first-order chi connectivity index (χ1) is 11.2. The van der Waals surface area contributed by atoms with E-state index in [4.69, 9.17) is 12.2 Å². The third-order valence-corrected chi connectivity index (χ3v) is 4.84. The fourth-order valence-electron chi connectivity index (χ4n) is 2.26. The second-order valence-electron chi connectivity index (χ2n) is 5.43. The standard InChI is InChI=1S/C15H14N2O5S2/c1-8(2)12(14(18)19)16-13(23)11(24-15(16)20)7-9-3-5-10(6-4-9)17(21)22/h3-8,12H,1-2H3,(H,18,19)/b11-7+/t12-/m0/s1. The van der Waals surface area contributed by atoms with Crippen molar-refractivity contribution in [2.24, 2.45) is 5.92 Å². The second kappa shape index (κ2) is 7.10. The number of hydrogen-bond acceptors (Lipinski definition) is 6. The summed E-state index contributed by atoms with van der Waals surface area (Å²) in [6.45, 7) is 3.41. The van der Waals surface area contributed by atoms with Crippen LogP contribution in [0, 0.1) is 16.0 Å². The van der Waals surface area contributed by atoms with Crippen LogP contribution in [0.25, 0.3) is 6.08 Å². The van der Waals surface area contributed by atoms with Crippen LogP contribution in [0.15, 0.2) is 29.2 Å². The number of benzene rings is 1. The van der Waals surface area contributed by atoms with Crippen LogP contribution in [0.5, 0.6) is 0 Å². The van der Waals surface area contributed by atoms with Crippen LogP contribution in [0.2, 0.25) is 0 Å². The zero-order chi connectivity index (χ0) is 18.0. The molecule has 126 valence electrons. The average molecular weight is 366 g/mol. The van der Waals surface area contributed by atoms with Crippen LogP contribution in [-0.2, 0) is 4.79 Å². The summed E-state index contributed by atoms with van der Waals surface area (Å²) in [6.07, 6.45) is 1.62. The summed E-state index contributed by atoms with van der Waals surface area (Å²) in [5.41, 5.74) is 0.596. The summed E-state index contributed by atoms with van der Waals surface area (Å²) in [5, 5.41) is 19.6. The van der Waals surface area contributed by atoms with Gasteiger partial charge in [0.2, 0.25) is 0 Å². The first-order valence-corrected chi connectivity index (χ1v) is 8.19. The Hall–Kier alpha value is -2.26. The maximum atomic E-state index is 12.2. The Labute approximate surface area is 147 Å². The molecule has 1 aliphatic rings. The number of thiocarbonyl (C=S) groups is 1. The van der Waals surface area contributed by atoms with Gasteiger partial charge in [0.05, 0.1) is 9.83 Å². The summed E-state index contributed by atoms with van der Waals surface area (Å²) >= 11 is 6.12. The van der Waals surface area contributed by atoms with E-state index in [9.17, 15) is 24.8 Å². The van der Waals surface area contributed by atoms with Crippen LogP contribution in [0.3, 0.4) is 0 Å². The lowest BCUT2D eigenvalue weighted by atomic mass is 10.0. The van der Waals surface area contributed by atoms with Gasteiger partial charge in [-0.05, 0) is 41.5 Å². The highest BCUT2D eigenvalue weighted by Crippen LogP contribution is 2.36. The number of non-ortho nitro benzene ring substituents is 1. The molecule has 0 saturated carbocycles. The van der Waals surface area contributed by atoms with Crippen LogP contribution >= 0.6 is 24.0 Å². The first kappa shape index (κ1) is 18.1. The summed E-state index contributed by atoms with van der Waals surface area (Å²) in [5.74, 6) is -1.42. The van der Waals surface area contributed by atoms with Gasteiger partial charge in [-0.15, -0.1) is 0 Å². The molecule has 0 aliphatic carbocycles. The molecule has 0 aromatic heterocycles. The van der Waals surface area contributed by atoms with E-state index >= 15 is 0 Å². The fraction of sp³-hybridized carbons (Fsp3) is 0.267. The minimum Gasteiger partial charge on any atom is -0.480 e. The van der Waals surface area contributed by atoms with Crippen LogP contribution in [0.1, 0.15) is 19.4 Å². The summed E-state index contributed by atoms with van der Waals surface area (Å²) in [6, 6.07) is 4.75. The molecule has 1 aromatic carbocycles. The number of nitro groups is 1. The number of amides is 1. The number of carboxylic acid groups (broad SMARTS) is 1. The molecular formula is C15H14N2O5S2. The SMILES string of the molecule is CC(C)[C@@H](C(=O)O)N1C(=O)S/C(=C/c2ccc([N+](=O)[O-])cc2)C1=S. The zero-order valence-corrected chi connectivity index (χ0v) is 14.5. The van der Waals surface area contributed by atoms with E-state index in [0.29, 0.717) is 10.5 Å². The molecule has 0 bridgehead atoms. The topological polar surface area (TPSA) is 101 Å². The number of carbonyl (C=O) groups is 2. The molecule has 0 unspecified atom stereocenters. The van der Waals surface area contributed by atoms with E-state index in [1.807, 2.05) is 0 Å². The molecule has 1 atom stereocenters. The van der Waals surface area contributed by atoms with Crippen molar-refractivity contribution in [1.29, 1.82) is 0 Å². The lowest BCUT2D eigenvalue weighted by Gasteiger charge is -2.26. The van der Waals surface area contributed by atoms with Crippen molar-refractivity contribution in [2.75, 3.05) is 0 Å². The fourth-order valence-corrected chi connectivity index (χ4v) is 3.57. The van der Waals surface area contributed by atoms with Gasteiger partial charge in [-0.2, -0.15) is 0 Å². The number of hydrogen-bond donors (Lipinski definition) is 1. The van der Waals surface area contributed by atoms with Gasteiger partial charge in [0.1, 0.15) is 11.0 Å². The lowest BCUT2D eigenvalue weighted by molar-refractivity contribution is -0.384. The van der Waals surface area contributed by atoms with E-state index in [2.05, 4.69) is 0 Å². The quantitative estimate of drug-likeness (QED) is 0.368. The van der Waals surface area contributed by atoms with Crippen molar-refractivity contribution >= 4 is 51.9 Å². The molecule has 9 heteroatoms. The zero-order valence-electron chi connectivity index (χ0n) is 12.8. The summed E-state index contributed by atoms with van der Waals surface area (Å²) in [7, 11) is 0. The Morgan fingerprint density at radius 3 is 2.42 bits per heavy atom. The van der Waals surface area contributed by atoms with Crippen molar-refractivity contribution in [1.82, 2.24) is 4.90 Å². The van der Waals surface area contributed by atoms with Crippen molar-refractivity contribution in [3.63, 3.8) is 0 Å². The maximum absolute atomic E-state index is 12.2. The predicted molar refractivity (Wildman–Crippen MR) is 94.8 cm³/mol. The molecule has 1 amide bonds. The van der Waals surface area contributed by atoms with Gasteiger partial charge in [-0.25, -0.2) is 4.79 Å². The van der Waals surface area contributed by atoms with E-state index < -0.39 is 22.2 Å². The molecule has 1 fully saturated rings. The largest absolute Gasteiger partial charge is 0.480 e. The number of carboxylic acids is 1. The van der Waals surface area contributed by atoms with Crippen LogP contribution in [-0.4, -0.2) is 37.2 Å². The molecule has 0 spiro atoms. The smallest absolute Gasteiger partial charge is 0.327 e. The van der Waals surface area contributed by atoms with Gasteiger partial charge in [0.25, 0.3) is 10.9 Å². The Kier molecular flexibility index (Phi) is 5.35. The predicted octanol–water partition coefficient (Wildman–Crippen LogP) is 3.54. The first-order valence-electron chi connectivity index (χ1n) is 6.96. The Balaban J connectivity index is 2.30. The number of carbonyl (C=O) groups excluding carboxylic acids is 1. The third kappa shape index (κ3) is 3.62. The molecule has 7 nitrogen and oxygen atoms in total. The van der Waals surface area contributed by atoms with E-state index in [-0.39, 0.29) is 16.6 Å². The van der Waals surface area contributed by atoms with E-state index in [0.717, 1.165) is 16.7 Å². The number of nitro benzene ring substituents is 1. The molecule has 1 N–H and O–H groups in total. The molecule has 24 heavy (non-hydrogen) atoms. The minimum absolute atomic E-state index is 0.0396. The molecule has 1 aromatic rings. The van der Waals surface area contributed by atoms with Gasteiger partial charge in [-0.3, -0.25) is 19.8 Å². The van der Waals surface area contributed by atoms with E-state index in [1.165, 1.54) is 12.1 Å². The minimum atomic E-state index is -1.11. The van der Waals surface area contributed by atoms with Gasteiger partial charge < -0.3 is 5.11 Å². The summed E-state index contributed by atoms with van der Waals surface area (Å²) < 4.78 is 0. The Morgan fingerprint density at radius 2 is 1.96 bits per heavy atom. The van der Waals surface area contributed by atoms with Crippen molar-refractivity contribution in [3.05, 3.63) is 44.8 Å². The molecule has 1 aliphatic heterocycles. The average Bonchev–Trinajstić information content (AvgIpc) is 2.75. The maximum Gasteiger partial charge on any atom is 0.327 e. The number of nitrogens with zero attached hydrogens (tertiary/aromatic N) is 2. The van der Waals surface area contributed by atoms with Gasteiger partial charge in [-0.1, -0.05) is 26.1 Å². The van der Waals surface area contributed by atoms with Gasteiger partial charge in [0.15, 0.2) is 0 Å². The monoisotopic (exact) mass is 366 g/mol. The molecule has 1 saturated heterocycles. The second-order valence-corrected chi connectivity index (χ2v) is 6.81. The Bertz CT molecular complexity index is 743. The molecule has 0 radical (unpaired) electrons. The number of thioether (sulfide) groups is 1. The molecule has 1 heterocycles. The highest BCUT2D eigenvalue weighted by atomic mass is 32.2. The molecular weight excluding hydrogens is 352 g/mol.